The summed E-state index contributed by atoms with van der Waals surface area (Å²) in [6, 6.07) is 0. The molecule has 0 nitrogen and oxygen atoms in total. The Hall–Kier alpha value is 0.270. The molecule has 0 N–H and O–H groups in total. The van der Waals surface area contributed by atoms with Gasteiger partial charge in [0.05, 0.1) is 0 Å². The van der Waals surface area contributed by atoms with Crippen LogP contribution in [0.3, 0.4) is 0 Å². The molecule has 0 saturated carbocycles. The summed E-state index contributed by atoms with van der Waals surface area (Å²) >= 11 is 2.69. The van der Waals surface area contributed by atoms with Gasteiger partial charge < -0.3 is 0 Å². The predicted octanol–water partition coefficient (Wildman–Crippen LogP) is 3.50. The molecule has 0 amide bonds. The highest BCUT2D eigenvalue weighted by molar-refractivity contribution is 9.09. The highest BCUT2D eigenvalue weighted by Crippen LogP contribution is 2.13. The third-order valence-electron chi connectivity index (χ3n) is 1.09. The second kappa shape index (κ2) is 6.01. The molecule has 0 spiro atoms. The summed E-state index contributed by atoms with van der Waals surface area (Å²) in [5.41, 5.74) is 0. The van der Waals surface area contributed by atoms with Gasteiger partial charge in [-0.3, -0.25) is 0 Å². The first-order chi connectivity index (χ1) is 4.63. The Morgan fingerprint density at radius 3 is 1.90 bits per heavy atom. The van der Waals surface area contributed by atoms with Crippen LogP contribution in [-0.2, 0) is 0 Å². The van der Waals surface area contributed by atoms with E-state index in [1.807, 2.05) is 0 Å². The monoisotopic (exact) mass is 218 g/mol. The maximum atomic E-state index is 12.0. The SMILES string of the molecule is FC(F)CCCCC(F)Br. The summed E-state index contributed by atoms with van der Waals surface area (Å²) in [7, 11) is 0. The Kier molecular flexibility index (Phi) is 6.17. The summed E-state index contributed by atoms with van der Waals surface area (Å²) in [4.78, 5) is 0. The molecule has 0 aliphatic heterocycles. The maximum absolute atomic E-state index is 12.0. The molecule has 0 aliphatic rings. The largest absolute Gasteiger partial charge is 0.238 e. The molecule has 0 aromatic carbocycles. The van der Waals surface area contributed by atoms with E-state index in [0.717, 1.165) is 0 Å². The van der Waals surface area contributed by atoms with Crippen molar-refractivity contribution >= 4 is 15.9 Å². The van der Waals surface area contributed by atoms with Gasteiger partial charge >= 0.3 is 0 Å². The van der Waals surface area contributed by atoms with Crippen molar-refractivity contribution in [1.82, 2.24) is 0 Å². The molecule has 1 atom stereocenters. The Morgan fingerprint density at radius 1 is 1.00 bits per heavy atom. The molecule has 0 aromatic heterocycles. The predicted molar refractivity (Wildman–Crippen MR) is 38.3 cm³/mol. The average molecular weight is 219 g/mol. The quantitative estimate of drug-likeness (QED) is 0.490. The number of rotatable bonds is 5. The van der Waals surface area contributed by atoms with E-state index in [9.17, 15) is 13.2 Å². The van der Waals surface area contributed by atoms with E-state index in [0.29, 0.717) is 19.3 Å². The molecule has 0 rings (SSSR count). The number of hydrogen-bond donors (Lipinski definition) is 0. The highest BCUT2D eigenvalue weighted by Gasteiger charge is 2.03. The standard InChI is InChI=1S/C6H10BrF3/c7-5(8)3-1-2-4-6(9)10/h5-6H,1-4H2. The zero-order chi connectivity index (χ0) is 7.98. The Balaban J connectivity index is 2.91. The molecule has 0 saturated heterocycles. The number of hydrogen-bond acceptors (Lipinski definition) is 0. The summed E-state index contributed by atoms with van der Waals surface area (Å²) in [6.45, 7) is 0. The van der Waals surface area contributed by atoms with Gasteiger partial charge in [0, 0.05) is 6.42 Å². The van der Waals surface area contributed by atoms with Gasteiger partial charge in [-0.2, -0.15) is 0 Å². The summed E-state index contributed by atoms with van der Waals surface area (Å²) < 4.78 is 34.9. The molecule has 0 aliphatic carbocycles. The molecular formula is C6H10BrF3. The zero-order valence-electron chi connectivity index (χ0n) is 5.49. The van der Waals surface area contributed by atoms with Crippen molar-refractivity contribution in [3.8, 4) is 0 Å². The van der Waals surface area contributed by atoms with Gasteiger partial charge in [0.25, 0.3) is 0 Å². The van der Waals surface area contributed by atoms with Crippen LogP contribution in [0.1, 0.15) is 25.7 Å². The van der Waals surface area contributed by atoms with E-state index < -0.39 is 11.5 Å². The van der Waals surface area contributed by atoms with Crippen LogP contribution in [-0.4, -0.2) is 11.5 Å². The van der Waals surface area contributed by atoms with Gasteiger partial charge in [0.1, 0.15) is 0 Å². The minimum atomic E-state index is -2.24. The fourth-order valence-corrected chi connectivity index (χ4v) is 0.921. The second-order valence-electron chi connectivity index (χ2n) is 2.07. The molecule has 62 valence electrons. The molecule has 0 bridgehead atoms. The first kappa shape index (κ1) is 10.3. The van der Waals surface area contributed by atoms with E-state index in [4.69, 9.17) is 0 Å². The van der Waals surface area contributed by atoms with Crippen molar-refractivity contribution < 1.29 is 13.2 Å². The van der Waals surface area contributed by atoms with Crippen molar-refractivity contribution in [2.45, 2.75) is 37.2 Å². The molecule has 0 radical (unpaired) electrons. The van der Waals surface area contributed by atoms with Crippen LogP contribution in [0.25, 0.3) is 0 Å². The van der Waals surface area contributed by atoms with Crippen molar-refractivity contribution in [3.05, 3.63) is 0 Å². The van der Waals surface area contributed by atoms with Crippen molar-refractivity contribution in [1.29, 1.82) is 0 Å². The van der Waals surface area contributed by atoms with Crippen LogP contribution in [0.5, 0.6) is 0 Å². The maximum Gasteiger partial charge on any atom is 0.238 e. The van der Waals surface area contributed by atoms with Crippen molar-refractivity contribution in [3.63, 3.8) is 0 Å². The number of alkyl halides is 4. The lowest BCUT2D eigenvalue weighted by atomic mass is 10.2. The van der Waals surface area contributed by atoms with Crippen molar-refractivity contribution in [2.75, 3.05) is 0 Å². The zero-order valence-corrected chi connectivity index (χ0v) is 7.08. The first-order valence-corrected chi connectivity index (χ1v) is 4.11. The number of halogens is 4. The lowest BCUT2D eigenvalue weighted by Crippen LogP contribution is -1.92. The molecule has 0 aromatic rings. The van der Waals surface area contributed by atoms with Crippen LogP contribution in [0.2, 0.25) is 0 Å². The minimum Gasteiger partial charge on any atom is -0.235 e. The van der Waals surface area contributed by atoms with E-state index in [1.165, 1.54) is 0 Å². The molecule has 4 heteroatoms. The molecule has 10 heavy (non-hydrogen) atoms. The van der Waals surface area contributed by atoms with E-state index >= 15 is 0 Å². The fraction of sp³-hybridized carbons (Fsp3) is 1.00. The Bertz CT molecular complexity index is 65.4. The van der Waals surface area contributed by atoms with Gasteiger partial charge in [-0.25, -0.2) is 13.2 Å². The third-order valence-corrected chi connectivity index (χ3v) is 1.55. The molecule has 1 unspecified atom stereocenters. The van der Waals surface area contributed by atoms with E-state index in [1.54, 1.807) is 0 Å². The Morgan fingerprint density at radius 2 is 1.50 bits per heavy atom. The van der Waals surface area contributed by atoms with Gasteiger partial charge in [-0.15, -0.1) is 0 Å². The average Bonchev–Trinajstić information content (AvgIpc) is 1.79. The topological polar surface area (TPSA) is 0 Å². The Labute approximate surface area is 66.9 Å². The summed E-state index contributed by atoms with van der Waals surface area (Å²) in [6.07, 6.45) is -1.10. The van der Waals surface area contributed by atoms with Gasteiger partial charge in [-0.1, -0.05) is 15.9 Å². The van der Waals surface area contributed by atoms with Crippen LogP contribution in [0, 0.1) is 0 Å². The van der Waals surface area contributed by atoms with Crippen LogP contribution in [0.15, 0.2) is 0 Å². The normalized spacial score (nSPS) is 14.1. The van der Waals surface area contributed by atoms with E-state index in [2.05, 4.69) is 15.9 Å². The van der Waals surface area contributed by atoms with Gasteiger partial charge in [-0.05, 0) is 19.3 Å². The van der Waals surface area contributed by atoms with Gasteiger partial charge in [0.15, 0.2) is 5.08 Å². The minimum absolute atomic E-state index is 0.111. The molecule has 0 heterocycles. The molecule has 0 fully saturated rings. The van der Waals surface area contributed by atoms with Crippen molar-refractivity contribution in [2.24, 2.45) is 0 Å². The fourth-order valence-electron chi connectivity index (χ4n) is 0.597. The lowest BCUT2D eigenvalue weighted by Gasteiger charge is -1.99. The smallest absolute Gasteiger partial charge is 0.235 e. The second-order valence-corrected chi connectivity index (χ2v) is 3.06. The third kappa shape index (κ3) is 8.27. The lowest BCUT2D eigenvalue weighted by molar-refractivity contribution is 0.133. The van der Waals surface area contributed by atoms with Crippen LogP contribution < -0.4 is 0 Å². The summed E-state index contributed by atoms with van der Waals surface area (Å²) in [5, 5.41) is -1.04. The van der Waals surface area contributed by atoms with Gasteiger partial charge in [0.2, 0.25) is 6.43 Å². The molecular weight excluding hydrogens is 209 g/mol. The van der Waals surface area contributed by atoms with E-state index in [-0.39, 0.29) is 6.42 Å². The highest BCUT2D eigenvalue weighted by atomic mass is 79.9. The van der Waals surface area contributed by atoms with Crippen LogP contribution >= 0.6 is 15.9 Å². The first-order valence-electron chi connectivity index (χ1n) is 3.19. The summed E-state index contributed by atoms with van der Waals surface area (Å²) in [5.74, 6) is 0. The van der Waals surface area contributed by atoms with Crippen LogP contribution in [0.4, 0.5) is 13.2 Å². The number of unbranched alkanes of at least 4 members (excludes halogenated alkanes) is 1.